The molecule has 0 aromatic heterocycles. The van der Waals surface area contributed by atoms with E-state index in [1.165, 1.54) is 4.90 Å². The Morgan fingerprint density at radius 1 is 1.42 bits per heavy atom. The number of imide groups is 1. The van der Waals surface area contributed by atoms with Gasteiger partial charge in [0, 0.05) is 18.4 Å². The Labute approximate surface area is 110 Å². The van der Waals surface area contributed by atoms with E-state index in [9.17, 15) is 9.59 Å². The molecule has 0 bridgehead atoms. The highest BCUT2D eigenvalue weighted by molar-refractivity contribution is 5.93. The van der Waals surface area contributed by atoms with E-state index in [-0.39, 0.29) is 6.04 Å². The third-order valence-corrected chi connectivity index (χ3v) is 3.11. The van der Waals surface area contributed by atoms with Crippen molar-refractivity contribution in [3.8, 4) is 0 Å². The monoisotopic (exact) mass is 261 g/mol. The van der Waals surface area contributed by atoms with Crippen LogP contribution in [0.4, 0.5) is 15.3 Å². The fourth-order valence-corrected chi connectivity index (χ4v) is 2.14. The minimum atomic E-state index is -1.28. The van der Waals surface area contributed by atoms with Gasteiger partial charge in [-0.2, -0.15) is 0 Å². The number of likely N-dealkylation sites (N-methyl/N-ethyl adjacent to an activating group) is 1. The van der Waals surface area contributed by atoms with Crippen LogP contribution >= 0.6 is 0 Å². The summed E-state index contributed by atoms with van der Waals surface area (Å²) in [6.45, 7) is 1.60. The quantitative estimate of drug-likeness (QED) is 0.759. The zero-order chi connectivity index (χ0) is 14.2. The predicted octanol–water partition coefficient (Wildman–Crippen LogP) is 2.26. The molecule has 3 amide bonds. The van der Waals surface area contributed by atoms with Crippen LogP contribution in [0.2, 0.25) is 0 Å². The Bertz CT molecular complexity index is 568. The molecule has 0 radical (unpaired) electrons. The molecular formula is C13H15N3O3. The van der Waals surface area contributed by atoms with Gasteiger partial charge in [0.25, 0.3) is 0 Å². The van der Waals surface area contributed by atoms with Crippen molar-refractivity contribution in [3.05, 3.63) is 41.6 Å². The molecule has 0 saturated carbocycles. The van der Waals surface area contributed by atoms with Crippen LogP contribution in [-0.4, -0.2) is 34.1 Å². The van der Waals surface area contributed by atoms with Crippen LogP contribution in [0, 0.1) is 0 Å². The largest absolute Gasteiger partial charge is 0.464 e. The third-order valence-electron chi connectivity index (χ3n) is 3.11. The highest BCUT2D eigenvalue weighted by Crippen LogP contribution is 2.30. The standard InChI is InChI=1S/C13H15N3O3/c1-8-6-11(9-4-3-5-10(14)7-9)15(2)12(17)16(8)13(18)19/h3-7,11H,14H2,1-2H3,(H,18,19). The SMILES string of the molecule is CC1=CC(c2cccc(N)c2)N(C)C(=O)N1C(=O)O. The van der Waals surface area contributed by atoms with Gasteiger partial charge in [0.05, 0.1) is 6.04 Å². The van der Waals surface area contributed by atoms with Gasteiger partial charge in [-0.25, -0.2) is 14.5 Å². The first-order chi connectivity index (χ1) is 8.91. The molecule has 6 nitrogen and oxygen atoms in total. The molecule has 2 rings (SSSR count). The van der Waals surface area contributed by atoms with E-state index in [2.05, 4.69) is 0 Å². The third kappa shape index (κ3) is 2.24. The summed E-state index contributed by atoms with van der Waals surface area (Å²) in [5.41, 5.74) is 7.57. The smallest absolute Gasteiger partial charge is 0.419 e. The van der Waals surface area contributed by atoms with Crippen LogP contribution in [0.3, 0.4) is 0 Å². The summed E-state index contributed by atoms with van der Waals surface area (Å²) in [6.07, 6.45) is 0.446. The van der Waals surface area contributed by atoms with Crippen molar-refractivity contribution >= 4 is 17.8 Å². The minimum absolute atomic E-state index is 0.313. The molecule has 19 heavy (non-hydrogen) atoms. The first-order valence-electron chi connectivity index (χ1n) is 5.75. The van der Waals surface area contributed by atoms with E-state index in [0.717, 1.165) is 10.5 Å². The molecule has 1 aliphatic rings. The number of carbonyl (C=O) groups is 2. The Kier molecular flexibility index (Phi) is 3.16. The highest BCUT2D eigenvalue weighted by Gasteiger charge is 2.34. The summed E-state index contributed by atoms with van der Waals surface area (Å²) in [4.78, 5) is 25.2. The number of hydrogen-bond acceptors (Lipinski definition) is 3. The average Bonchev–Trinajstić information content (AvgIpc) is 2.33. The lowest BCUT2D eigenvalue weighted by atomic mass is 10.0. The molecular weight excluding hydrogens is 246 g/mol. The first kappa shape index (κ1) is 12.9. The Morgan fingerprint density at radius 2 is 2.11 bits per heavy atom. The summed E-state index contributed by atoms with van der Waals surface area (Å²) in [5, 5.41) is 9.02. The van der Waals surface area contributed by atoms with E-state index in [0.29, 0.717) is 11.4 Å². The number of anilines is 1. The second-order valence-electron chi connectivity index (χ2n) is 4.43. The second-order valence-corrected chi connectivity index (χ2v) is 4.43. The maximum Gasteiger partial charge on any atom is 0.419 e. The van der Waals surface area contributed by atoms with Crippen molar-refractivity contribution in [1.82, 2.24) is 9.80 Å². The molecule has 0 fully saturated rings. The summed E-state index contributed by atoms with van der Waals surface area (Å²) < 4.78 is 0. The van der Waals surface area contributed by atoms with Crippen LogP contribution < -0.4 is 5.73 Å². The number of allylic oxidation sites excluding steroid dienone is 1. The average molecular weight is 261 g/mol. The van der Waals surface area contributed by atoms with Gasteiger partial charge in [-0.15, -0.1) is 0 Å². The van der Waals surface area contributed by atoms with E-state index < -0.39 is 12.1 Å². The number of nitrogens with two attached hydrogens (primary N) is 1. The molecule has 3 N–H and O–H groups in total. The fraction of sp³-hybridized carbons (Fsp3) is 0.231. The summed E-state index contributed by atoms with van der Waals surface area (Å²) in [6, 6.07) is 6.30. The van der Waals surface area contributed by atoms with E-state index >= 15 is 0 Å². The lowest BCUT2D eigenvalue weighted by Gasteiger charge is -2.35. The molecule has 1 aliphatic heterocycles. The zero-order valence-corrected chi connectivity index (χ0v) is 10.7. The van der Waals surface area contributed by atoms with Gasteiger partial charge in [0.15, 0.2) is 0 Å². The summed E-state index contributed by atoms with van der Waals surface area (Å²) >= 11 is 0. The van der Waals surface area contributed by atoms with Crippen molar-refractivity contribution in [2.75, 3.05) is 12.8 Å². The Hall–Kier alpha value is -2.50. The first-order valence-corrected chi connectivity index (χ1v) is 5.75. The van der Waals surface area contributed by atoms with Gasteiger partial charge >= 0.3 is 12.1 Å². The number of benzene rings is 1. The van der Waals surface area contributed by atoms with Gasteiger partial charge in [-0.3, -0.25) is 0 Å². The van der Waals surface area contributed by atoms with Crippen molar-refractivity contribution in [1.29, 1.82) is 0 Å². The maximum atomic E-state index is 12.0. The van der Waals surface area contributed by atoms with Crippen molar-refractivity contribution in [3.63, 3.8) is 0 Å². The molecule has 1 heterocycles. The molecule has 0 aliphatic carbocycles. The van der Waals surface area contributed by atoms with Crippen molar-refractivity contribution in [2.24, 2.45) is 0 Å². The molecule has 1 aromatic carbocycles. The lowest BCUT2D eigenvalue weighted by molar-refractivity contribution is 0.133. The number of hydrogen-bond donors (Lipinski definition) is 2. The van der Waals surface area contributed by atoms with Crippen LogP contribution in [0.15, 0.2) is 36.0 Å². The maximum absolute atomic E-state index is 12.0. The van der Waals surface area contributed by atoms with Gasteiger partial charge in [-0.1, -0.05) is 12.1 Å². The van der Waals surface area contributed by atoms with Crippen molar-refractivity contribution < 1.29 is 14.7 Å². The van der Waals surface area contributed by atoms with E-state index in [1.54, 1.807) is 38.2 Å². The topological polar surface area (TPSA) is 86.9 Å². The molecule has 0 saturated heterocycles. The zero-order valence-electron chi connectivity index (χ0n) is 10.7. The number of nitrogens with zero attached hydrogens (tertiary/aromatic N) is 2. The fourth-order valence-electron chi connectivity index (χ4n) is 2.14. The molecule has 100 valence electrons. The van der Waals surface area contributed by atoms with Crippen LogP contribution in [0.25, 0.3) is 0 Å². The molecule has 6 heteroatoms. The summed E-state index contributed by atoms with van der Waals surface area (Å²) in [5.74, 6) is 0. The van der Waals surface area contributed by atoms with Gasteiger partial charge in [-0.05, 0) is 30.7 Å². The van der Waals surface area contributed by atoms with Gasteiger partial charge < -0.3 is 15.7 Å². The van der Waals surface area contributed by atoms with Crippen LogP contribution in [0.5, 0.6) is 0 Å². The number of nitrogen functional groups attached to an aromatic ring is 1. The predicted molar refractivity (Wildman–Crippen MR) is 70.4 cm³/mol. The molecule has 1 aromatic rings. The summed E-state index contributed by atoms with van der Waals surface area (Å²) in [7, 11) is 1.56. The number of carboxylic acid groups (broad SMARTS) is 1. The van der Waals surface area contributed by atoms with Crippen LogP contribution in [-0.2, 0) is 0 Å². The highest BCUT2D eigenvalue weighted by atomic mass is 16.4. The number of amides is 3. The van der Waals surface area contributed by atoms with Crippen LogP contribution in [0.1, 0.15) is 18.5 Å². The van der Waals surface area contributed by atoms with Gasteiger partial charge in [0.2, 0.25) is 0 Å². The molecule has 1 atom stereocenters. The second kappa shape index (κ2) is 4.64. The number of urea groups is 1. The number of rotatable bonds is 1. The van der Waals surface area contributed by atoms with E-state index in [4.69, 9.17) is 10.8 Å². The number of carbonyl (C=O) groups excluding carboxylic acids is 1. The van der Waals surface area contributed by atoms with Crippen molar-refractivity contribution in [2.45, 2.75) is 13.0 Å². The van der Waals surface area contributed by atoms with Gasteiger partial charge in [0.1, 0.15) is 0 Å². The minimum Gasteiger partial charge on any atom is -0.464 e. The normalized spacial score (nSPS) is 19.4. The molecule has 0 spiro atoms. The Morgan fingerprint density at radius 3 is 2.68 bits per heavy atom. The lowest BCUT2D eigenvalue weighted by Crippen LogP contribution is -2.47. The Balaban J connectivity index is 2.44. The molecule has 1 unspecified atom stereocenters. The van der Waals surface area contributed by atoms with E-state index in [1.807, 2.05) is 6.07 Å².